The molecular formula is C11H22N2O4. The molecule has 0 unspecified atom stereocenters. The minimum absolute atomic E-state index is 0.0391. The third kappa shape index (κ3) is 11.1. The van der Waals surface area contributed by atoms with Crippen molar-refractivity contribution in [2.75, 3.05) is 40.4 Å². The zero-order valence-electron chi connectivity index (χ0n) is 10.6. The highest BCUT2D eigenvalue weighted by atomic mass is 16.5. The molecule has 0 aromatic heterocycles. The van der Waals surface area contributed by atoms with Gasteiger partial charge in [-0.25, -0.2) is 0 Å². The molecule has 0 aliphatic heterocycles. The number of nitrogens with one attached hydrogen (secondary N) is 1. The van der Waals surface area contributed by atoms with E-state index in [2.05, 4.69) is 5.32 Å². The van der Waals surface area contributed by atoms with Crippen LogP contribution in [0.25, 0.3) is 0 Å². The van der Waals surface area contributed by atoms with Crippen molar-refractivity contribution >= 4 is 11.9 Å². The van der Waals surface area contributed by atoms with Gasteiger partial charge in [-0.2, -0.15) is 0 Å². The largest absolute Gasteiger partial charge is 0.481 e. The second-order valence-electron chi connectivity index (χ2n) is 3.93. The lowest BCUT2D eigenvalue weighted by atomic mass is 10.2. The summed E-state index contributed by atoms with van der Waals surface area (Å²) in [6.07, 6.45) is 1.62. The van der Waals surface area contributed by atoms with Gasteiger partial charge in [-0.3, -0.25) is 14.5 Å². The van der Waals surface area contributed by atoms with Gasteiger partial charge in [0.2, 0.25) is 5.91 Å². The summed E-state index contributed by atoms with van der Waals surface area (Å²) in [5, 5.41) is 11.2. The second kappa shape index (κ2) is 10.0. The molecule has 0 heterocycles. The molecule has 0 aliphatic rings. The number of aliphatic carboxylic acids is 1. The second-order valence-corrected chi connectivity index (χ2v) is 3.93. The van der Waals surface area contributed by atoms with Crippen LogP contribution in [0.2, 0.25) is 0 Å². The molecule has 2 N–H and O–H groups in total. The van der Waals surface area contributed by atoms with E-state index in [-0.39, 0.29) is 12.3 Å². The van der Waals surface area contributed by atoms with Gasteiger partial charge in [-0.05, 0) is 26.4 Å². The third-order valence-corrected chi connectivity index (χ3v) is 2.22. The summed E-state index contributed by atoms with van der Waals surface area (Å²) in [7, 11) is 3.43. The van der Waals surface area contributed by atoms with Gasteiger partial charge in [0.05, 0.1) is 13.2 Å². The quantitative estimate of drug-likeness (QED) is 0.528. The molecule has 0 radical (unpaired) electrons. The normalized spacial score (nSPS) is 10.5. The van der Waals surface area contributed by atoms with Crippen LogP contribution in [0.4, 0.5) is 0 Å². The molecule has 0 aliphatic carbocycles. The SMILES string of the molecule is COCCNC(=O)CN(C)CCCCC(=O)O. The van der Waals surface area contributed by atoms with Crippen molar-refractivity contribution in [2.24, 2.45) is 0 Å². The fourth-order valence-electron chi connectivity index (χ4n) is 1.33. The number of carbonyl (C=O) groups is 2. The fraction of sp³-hybridized carbons (Fsp3) is 0.818. The summed E-state index contributed by atoms with van der Waals surface area (Å²) in [6, 6.07) is 0. The van der Waals surface area contributed by atoms with E-state index in [1.54, 1.807) is 7.11 Å². The summed E-state index contributed by atoms with van der Waals surface area (Å²) in [4.78, 5) is 23.5. The number of unbranched alkanes of at least 4 members (excludes halogenated alkanes) is 1. The standard InChI is InChI=1S/C11H22N2O4/c1-13(7-4-3-5-11(15)16)9-10(14)12-6-8-17-2/h3-9H2,1-2H3,(H,12,14)(H,15,16). The summed E-state index contributed by atoms with van der Waals surface area (Å²) in [5.41, 5.74) is 0. The lowest BCUT2D eigenvalue weighted by molar-refractivity contribution is -0.137. The number of rotatable bonds is 10. The lowest BCUT2D eigenvalue weighted by Crippen LogP contribution is -2.37. The summed E-state index contributed by atoms with van der Waals surface area (Å²) < 4.78 is 4.82. The first-order chi connectivity index (χ1) is 8.06. The number of nitrogens with zero attached hydrogens (tertiary/aromatic N) is 1. The molecule has 0 aromatic carbocycles. The molecular weight excluding hydrogens is 224 g/mol. The van der Waals surface area contributed by atoms with Crippen LogP contribution in [0, 0.1) is 0 Å². The minimum Gasteiger partial charge on any atom is -0.481 e. The zero-order chi connectivity index (χ0) is 13.1. The summed E-state index contributed by atoms with van der Waals surface area (Å²) >= 11 is 0. The average Bonchev–Trinajstić information content (AvgIpc) is 2.24. The Morgan fingerprint density at radius 1 is 1.35 bits per heavy atom. The first-order valence-electron chi connectivity index (χ1n) is 5.72. The van der Waals surface area contributed by atoms with E-state index < -0.39 is 5.97 Å². The molecule has 0 rings (SSSR count). The molecule has 100 valence electrons. The number of hydrogen-bond donors (Lipinski definition) is 2. The summed E-state index contributed by atoms with van der Waals surface area (Å²) in [6.45, 7) is 2.08. The van der Waals surface area contributed by atoms with Crippen LogP contribution in [0.5, 0.6) is 0 Å². The van der Waals surface area contributed by atoms with Gasteiger partial charge in [0.15, 0.2) is 0 Å². The highest BCUT2D eigenvalue weighted by Gasteiger charge is 2.05. The van der Waals surface area contributed by atoms with Crippen molar-refractivity contribution in [1.82, 2.24) is 10.2 Å². The number of likely N-dealkylation sites (N-methyl/N-ethyl adjacent to an activating group) is 1. The first kappa shape index (κ1) is 15.9. The Hall–Kier alpha value is -1.14. The van der Waals surface area contributed by atoms with Gasteiger partial charge >= 0.3 is 5.97 Å². The van der Waals surface area contributed by atoms with Crippen LogP contribution in [-0.4, -0.2) is 62.3 Å². The van der Waals surface area contributed by atoms with Crippen molar-refractivity contribution in [1.29, 1.82) is 0 Å². The topological polar surface area (TPSA) is 78.9 Å². The van der Waals surface area contributed by atoms with Crippen molar-refractivity contribution in [2.45, 2.75) is 19.3 Å². The Balaban J connectivity index is 3.46. The van der Waals surface area contributed by atoms with Crippen molar-refractivity contribution in [3.8, 4) is 0 Å². The Kier molecular flexibility index (Phi) is 9.37. The van der Waals surface area contributed by atoms with E-state index in [4.69, 9.17) is 9.84 Å². The van der Waals surface area contributed by atoms with Crippen LogP contribution < -0.4 is 5.32 Å². The number of hydrogen-bond acceptors (Lipinski definition) is 4. The molecule has 0 bridgehead atoms. The third-order valence-electron chi connectivity index (χ3n) is 2.22. The van der Waals surface area contributed by atoms with E-state index >= 15 is 0 Å². The molecule has 0 spiro atoms. The van der Waals surface area contributed by atoms with Crippen molar-refractivity contribution in [3.05, 3.63) is 0 Å². The average molecular weight is 246 g/mol. The van der Waals surface area contributed by atoms with Crippen molar-refractivity contribution < 1.29 is 19.4 Å². The fourth-order valence-corrected chi connectivity index (χ4v) is 1.33. The maximum absolute atomic E-state index is 11.4. The molecule has 6 heteroatoms. The van der Waals surface area contributed by atoms with Gasteiger partial charge in [-0.15, -0.1) is 0 Å². The van der Waals surface area contributed by atoms with Gasteiger partial charge in [0.1, 0.15) is 0 Å². The smallest absolute Gasteiger partial charge is 0.303 e. The number of methoxy groups -OCH3 is 1. The van der Waals surface area contributed by atoms with Gasteiger partial charge < -0.3 is 15.2 Å². The monoisotopic (exact) mass is 246 g/mol. The molecule has 0 fully saturated rings. The number of amides is 1. The molecule has 1 amide bonds. The molecule has 17 heavy (non-hydrogen) atoms. The zero-order valence-corrected chi connectivity index (χ0v) is 10.6. The molecule has 6 nitrogen and oxygen atoms in total. The number of ether oxygens (including phenoxy) is 1. The molecule has 0 atom stereocenters. The Morgan fingerprint density at radius 3 is 2.65 bits per heavy atom. The Labute approximate surface area is 102 Å². The maximum Gasteiger partial charge on any atom is 0.303 e. The number of carbonyl (C=O) groups excluding carboxylic acids is 1. The highest BCUT2D eigenvalue weighted by Crippen LogP contribution is 1.97. The van der Waals surface area contributed by atoms with E-state index in [1.807, 2.05) is 11.9 Å². The predicted molar refractivity (Wildman–Crippen MR) is 63.9 cm³/mol. The van der Waals surface area contributed by atoms with Crippen LogP contribution in [0.1, 0.15) is 19.3 Å². The molecule has 0 saturated carbocycles. The molecule has 0 aromatic rings. The van der Waals surface area contributed by atoms with Gasteiger partial charge in [0.25, 0.3) is 0 Å². The van der Waals surface area contributed by atoms with Crippen molar-refractivity contribution in [3.63, 3.8) is 0 Å². The van der Waals surface area contributed by atoms with E-state index in [1.165, 1.54) is 0 Å². The van der Waals surface area contributed by atoms with E-state index in [0.29, 0.717) is 26.1 Å². The molecule has 0 saturated heterocycles. The predicted octanol–water partition coefficient (Wildman–Crippen LogP) is -0.0643. The van der Waals surface area contributed by atoms with E-state index in [9.17, 15) is 9.59 Å². The summed E-state index contributed by atoms with van der Waals surface area (Å²) in [5.74, 6) is -0.812. The Morgan fingerprint density at radius 2 is 2.06 bits per heavy atom. The van der Waals surface area contributed by atoms with Crippen LogP contribution in [0.15, 0.2) is 0 Å². The van der Waals surface area contributed by atoms with Crippen LogP contribution in [0.3, 0.4) is 0 Å². The number of carboxylic acid groups (broad SMARTS) is 1. The minimum atomic E-state index is -0.773. The highest BCUT2D eigenvalue weighted by molar-refractivity contribution is 5.77. The van der Waals surface area contributed by atoms with Crippen LogP contribution >= 0.6 is 0 Å². The van der Waals surface area contributed by atoms with Crippen LogP contribution in [-0.2, 0) is 14.3 Å². The van der Waals surface area contributed by atoms with E-state index in [0.717, 1.165) is 13.0 Å². The lowest BCUT2D eigenvalue weighted by Gasteiger charge is -2.15. The maximum atomic E-state index is 11.4. The number of carboxylic acids is 1. The Bertz CT molecular complexity index is 234. The van der Waals surface area contributed by atoms with Gasteiger partial charge in [0, 0.05) is 20.1 Å². The van der Waals surface area contributed by atoms with Gasteiger partial charge in [-0.1, -0.05) is 0 Å². The first-order valence-corrected chi connectivity index (χ1v) is 5.72.